The van der Waals surface area contributed by atoms with E-state index in [1.807, 2.05) is 27.7 Å². The SMILES string of the molecule is CC(C)(Br)c1c(Sc2ccc([N+](=O)[O-])c(Cl)c2C(C)(C)Br)ccc([N+](=O)[O-])c1Cl. The van der Waals surface area contributed by atoms with Gasteiger partial charge in [0.05, 0.1) is 9.85 Å². The molecule has 0 aromatic heterocycles. The van der Waals surface area contributed by atoms with Crippen LogP contribution in [0.3, 0.4) is 0 Å². The molecule has 0 aliphatic heterocycles. The van der Waals surface area contributed by atoms with Crippen molar-refractivity contribution in [2.24, 2.45) is 0 Å². The fraction of sp³-hybridized carbons (Fsp3) is 0.333. The third kappa shape index (κ3) is 5.25. The molecule has 0 aliphatic carbocycles. The van der Waals surface area contributed by atoms with Gasteiger partial charge < -0.3 is 0 Å². The smallest absolute Gasteiger partial charge is 0.258 e. The van der Waals surface area contributed by atoms with Gasteiger partial charge in [-0.15, -0.1) is 0 Å². The summed E-state index contributed by atoms with van der Waals surface area (Å²) in [6.45, 7) is 7.33. The molecule has 0 atom stereocenters. The number of nitrogens with zero attached hydrogens (tertiary/aromatic N) is 2. The fourth-order valence-corrected chi connectivity index (χ4v) is 6.57. The molecule has 0 amide bonds. The predicted octanol–water partition coefficient (Wildman–Crippen LogP) is 8.22. The highest BCUT2D eigenvalue weighted by Gasteiger charge is 2.32. The average Bonchev–Trinajstić information content (AvgIpc) is 2.51. The minimum atomic E-state index is -0.660. The third-order valence-electron chi connectivity index (χ3n) is 3.97. The molecule has 0 radical (unpaired) electrons. The van der Waals surface area contributed by atoms with Crippen LogP contribution >= 0.6 is 66.8 Å². The van der Waals surface area contributed by atoms with Crippen molar-refractivity contribution in [1.29, 1.82) is 0 Å². The fourth-order valence-electron chi connectivity index (χ4n) is 2.77. The lowest BCUT2D eigenvalue weighted by molar-refractivity contribution is -0.385. The van der Waals surface area contributed by atoms with Crippen molar-refractivity contribution in [2.75, 3.05) is 0 Å². The summed E-state index contributed by atoms with van der Waals surface area (Å²) in [6.07, 6.45) is 0. The molecule has 6 nitrogen and oxygen atoms in total. The van der Waals surface area contributed by atoms with Crippen molar-refractivity contribution in [3.05, 3.63) is 65.7 Å². The molecule has 0 bridgehead atoms. The van der Waals surface area contributed by atoms with Crippen LogP contribution in [0, 0.1) is 20.2 Å². The first-order valence-corrected chi connectivity index (χ1v) is 11.3. The Morgan fingerprint density at radius 2 is 1.10 bits per heavy atom. The van der Waals surface area contributed by atoms with Crippen LogP contribution in [0.25, 0.3) is 0 Å². The van der Waals surface area contributed by atoms with Gasteiger partial charge in [0, 0.05) is 41.7 Å². The molecule has 0 heterocycles. The van der Waals surface area contributed by atoms with Gasteiger partial charge in [0.2, 0.25) is 0 Å². The van der Waals surface area contributed by atoms with Gasteiger partial charge in [0.1, 0.15) is 10.0 Å². The lowest BCUT2D eigenvalue weighted by Crippen LogP contribution is -2.12. The van der Waals surface area contributed by atoms with Gasteiger partial charge in [0.25, 0.3) is 11.4 Å². The molecule has 11 heteroatoms. The molecule has 0 unspecified atom stereocenters. The van der Waals surface area contributed by atoms with E-state index in [0.29, 0.717) is 20.9 Å². The molecule has 2 aromatic carbocycles. The third-order valence-corrected chi connectivity index (χ3v) is 6.65. The topological polar surface area (TPSA) is 86.3 Å². The first-order chi connectivity index (χ1) is 13.2. The normalized spacial score (nSPS) is 12.1. The number of halogens is 4. The van der Waals surface area contributed by atoms with E-state index in [0.717, 1.165) is 0 Å². The molecule has 2 rings (SSSR count). The number of nitro groups is 2. The van der Waals surface area contributed by atoms with Crippen LogP contribution in [-0.2, 0) is 8.65 Å². The minimum Gasteiger partial charge on any atom is -0.258 e. The Morgan fingerprint density at radius 3 is 1.34 bits per heavy atom. The van der Waals surface area contributed by atoms with Crippen molar-refractivity contribution >= 4 is 78.2 Å². The zero-order chi connectivity index (χ0) is 22.3. The van der Waals surface area contributed by atoms with Gasteiger partial charge in [-0.3, -0.25) is 20.2 Å². The summed E-state index contributed by atoms with van der Waals surface area (Å²) in [6, 6.07) is 5.93. The summed E-state index contributed by atoms with van der Waals surface area (Å²) in [4.78, 5) is 22.9. The number of rotatable bonds is 6. The number of nitro benzene ring substituents is 2. The highest BCUT2D eigenvalue weighted by Crippen LogP contribution is 2.50. The zero-order valence-electron chi connectivity index (χ0n) is 15.8. The van der Waals surface area contributed by atoms with Crippen molar-refractivity contribution in [3.8, 4) is 0 Å². The standard InChI is InChI=1S/C18H16Br2Cl2N2O4S/c1-17(2,19)13-11(7-5-9(15(13)21)23(25)26)29-12-8-6-10(24(27)28)16(22)14(12)18(3,4)20/h5-8H,1-4H3. The number of hydrogen-bond donors (Lipinski definition) is 0. The Hall–Kier alpha value is -0.870. The average molecular weight is 587 g/mol. The molecule has 0 aliphatic rings. The molecule has 156 valence electrons. The highest BCUT2D eigenvalue weighted by atomic mass is 79.9. The molecule has 0 saturated heterocycles. The van der Waals surface area contributed by atoms with E-state index in [2.05, 4.69) is 31.9 Å². The first kappa shape index (κ1) is 24.4. The van der Waals surface area contributed by atoms with Gasteiger partial charge in [-0.25, -0.2) is 0 Å². The van der Waals surface area contributed by atoms with Crippen LogP contribution < -0.4 is 0 Å². The van der Waals surface area contributed by atoms with Crippen LogP contribution in [0.2, 0.25) is 10.0 Å². The Bertz CT molecular complexity index is 925. The molecular formula is C18H16Br2Cl2N2O4S. The van der Waals surface area contributed by atoms with Crippen LogP contribution in [0.15, 0.2) is 34.1 Å². The van der Waals surface area contributed by atoms with E-state index in [-0.39, 0.29) is 21.4 Å². The Labute approximate surface area is 198 Å². The number of benzene rings is 2. The van der Waals surface area contributed by atoms with Gasteiger partial charge in [-0.2, -0.15) is 0 Å². The second-order valence-corrected chi connectivity index (χ2v) is 12.9. The van der Waals surface area contributed by atoms with Crippen LogP contribution in [-0.4, -0.2) is 9.85 Å². The van der Waals surface area contributed by atoms with Gasteiger partial charge in [0.15, 0.2) is 0 Å². The Morgan fingerprint density at radius 1 is 0.793 bits per heavy atom. The maximum Gasteiger partial charge on any atom is 0.288 e. The molecule has 0 spiro atoms. The molecule has 0 fully saturated rings. The van der Waals surface area contributed by atoms with Gasteiger partial charge in [-0.05, 0) is 39.8 Å². The second-order valence-electron chi connectivity index (χ2n) is 7.10. The Kier molecular flexibility index (Phi) is 7.32. The number of alkyl halides is 2. The summed E-state index contributed by atoms with van der Waals surface area (Å²) in [5, 5.41) is 22.7. The van der Waals surface area contributed by atoms with Crippen molar-refractivity contribution in [1.82, 2.24) is 0 Å². The zero-order valence-corrected chi connectivity index (χ0v) is 21.3. The van der Waals surface area contributed by atoms with E-state index in [9.17, 15) is 20.2 Å². The Balaban J connectivity index is 2.75. The second kappa shape index (κ2) is 8.70. The minimum absolute atomic E-state index is 0.0366. The lowest BCUT2D eigenvalue weighted by Gasteiger charge is -2.25. The largest absolute Gasteiger partial charge is 0.288 e. The molecule has 0 saturated carbocycles. The summed E-state index contributed by atoms with van der Waals surface area (Å²) >= 11 is 21.1. The summed E-state index contributed by atoms with van der Waals surface area (Å²) in [5.74, 6) is 0. The summed E-state index contributed by atoms with van der Waals surface area (Å²) in [7, 11) is 0. The molecule has 2 aromatic rings. The lowest BCUT2D eigenvalue weighted by atomic mass is 10.0. The molecule has 29 heavy (non-hydrogen) atoms. The van der Waals surface area contributed by atoms with Crippen molar-refractivity contribution < 1.29 is 9.85 Å². The molecular weight excluding hydrogens is 571 g/mol. The quantitative estimate of drug-likeness (QED) is 0.193. The van der Waals surface area contributed by atoms with E-state index in [1.54, 1.807) is 12.1 Å². The number of hydrogen-bond acceptors (Lipinski definition) is 5. The summed E-state index contributed by atoms with van der Waals surface area (Å²) < 4.78 is -1.32. The van der Waals surface area contributed by atoms with Crippen molar-refractivity contribution in [3.63, 3.8) is 0 Å². The van der Waals surface area contributed by atoms with E-state index in [1.165, 1.54) is 23.9 Å². The monoisotopic (exact) mass is 584 g/mol. The maximum absolute atomic E-state index is 11.3. The summed E-state index contributed by atoms with van der Waals surface area (Å²) in [5.41, 5.74) is 0.708. The van der Waals surface area contributed by atoms with E-state index < -0.39 is 18.5 Å². The first-order valence-electron chi connectivity index (χ1n) is 8.16. The van der Waals surface area contributed by atoms with E-state index >= 15 is 0 Å². The van der Waals surface area contributed by atoms with Gasteiger partial charge >= 0.3 is 0 Å². The van der Waals surface area contributed by atoms with Gasteiger partial charge in [-0.1, -0.05) is 66.8 Å². The van der Waals surface area contributed by atoms with Crippen molar-refractivity contribution in [2.45, 2.75) is 46.1 Å². The predicted molar refractivity (Wildman–Crippen MR) is 124 cm³/mol. The van der Waals surface area contributed by atoms with Crippen LogP contribution in [0.4, 0.5) is 11.4 Å². The van der Waals surface area contributed by atoms with Crippen LogP contribution in [0.1, 0.15) is 38.8 Å². The molecule has 0 N–H and O–H groups in total. The maximum atomic E-state index is 11.3. The highest BCUT2D eigenvalue weighted by molar-refractivity contribution is 9.09. The van der Waals surface area contributed by atoms with Crippen LogP contribution in [0.5, 0.6) is 0 Å². The van der Waals surface area contributed by atoms with E-state index in [4.69, 9.17) is 23.2 Å².